The summed E-state index contributed by atoms with van der Waals surface area (Å²) in [7, 11) is 1.87. The molecule has 0 aromatic heterocycles. The smallest absolute Gasteiger partial charge is 0.349 e. The molecule has 3 rings (SSSR count). The van der Waals surface area contributed by atoms with Crippen molar-refractivity contribution in [3.05, 3.63) is 41.7 Å². The van der Waals surface area contributed by atoms with Gasteiger partial charge in [-0.1, -0.05) is 12.1 Å². The highest BCUT2D eigenvalue weighted by atomic mass is 16.5. The van der Waals surface area contributed by atoms with E-state index in [4.69, 9.17) is 4.74 Å². The minimum Gasteiger partial charge on any atom is -0.478 e. The molecule has 2 aliphatic heterocycles. The number of carboxylic acids is 1. The standard InChI is InChI=1S/C13H11NO3/c1-14-6-5-8-3-2-4-10-11(8)9(7-14)12(17-10)13(15)16/h2-7,12H,1H3,(H,15,16). The van der Waals surface area contributed by atoms with Crippen LogP contribution >= 0.6 is 0 Å². The lowest BCUT2D eigenvalue weighted by Crippen LogP contribution is -2.24. The number of benzene rings is 1. The van der Waals surface area contributed by atoms with Crippen molar-refractivity contribution in [2.24, 2.45) is 0 Å². The molecule has 0 saturated heterocycles. The highest BCUT2D eigenvalue weighted by Crippen LogP contribution is 2.41. The van der Waals surface area contributed by atoms with Crippen molar-refractivity contribution in [1.82, 2.24) is 4.90 Å². The molecule has 86 valence electrons. The molecule has 1 aromatic rings. The molecule has 4 heteroatoms. The number of carbonyl (C=O) groups is 1. The molecule has 0 bridgehead atoms. The van der Waals surface area contributed by atoms with Gasteiger partial charge in [0.05, 0.1) is 0 Å². The molecule has 0 fully saturated rings. The summed E-state index contributed by atoms with van der Waals surface area (Å²) >= 11 is 0. The average molecular weight is 229 g/mol. The van der Waals surface area contributed by atoms with Crippen molar-refractivity contribution in [2.45, 2.75) is 6.10 Å². The van der Waals surface area contributed by atoms with Crippen LogP contribution in [0.2, 0.25) is 0 Å². The van der Waals surface area contributed by atoms with Gasteiger partial charge in [-0.3, -0.25) is 0 Å². The molecule has 1 atom stereocenters. The van der Waals surface area contributed by atoms with Gasteiger partial charge in [0, 0.05) is 30.6 Å². The molecule has 0 saturated carbocycles. The van der Waals surface area contributed by atoms with Crippen LogP contribution in [0.5, 0.6) is 5.75 Å². The molecule has 4 nitrogen and oxygen atoms in total. The maximum Gasteiger partial charge on any atom is 0.349 e. The van der Waals surface area contributed by atoms with E-state index in [0.717, 1.165) is 11.1 Å². The summed E-state index contributed by atoms with van der Waals surface area (Å²) in [6, 6.07) is 5.62. The maximum atomic E-state index is 11.2. The molecular formula is C13H11NO3. The number of ether oxygens (including phenoxy) is 1. The molecule has 0 radical (unpaired) electrons. The Bertz CT molecular complexity index is 560. The van der Waals surface area contributed by atoms with E-state index in [0.29, 0.717) is 11.3 Å². The Morgan fingerprint density at radius 1 is 1.47 bits per heavy atom. The lowest BCUT2D eigenvalue weighted by molar-refractivity contribution is -0.141. The van der Waals surface area contributed by atoms with Gasteiger partial charge in [0.15, 0.2) is 0 Å². The molecular weight excluding hydrogens is 218 g/mol. The summed E-state index contributed by atoms with van der Waals surface area (Å²) in [5.74, 6) is -0.324. The van der Waals surface area contributed by atoms with E-state index in [1.807, 2.05) is 36.4 Å². The fourth-order valence-electron chi connectivity index (χ4n) is 2.19. The minimum absolute atomic E-state index is 0.640. The molecule has 1 aromatic carbocycles. The van der Waals surface area contributed by atoms with Crippen molar-refractivity contribution >= 4 is 17.6 Å². The Hall–Kier alpha value is -2.23. The molecule has 17 heavy (non-hydrogen) atoms. The average Bonchev–Trinajstić information content (AvgIpc) is 2.57. The van der Waals surface area contributed by atoms with Crippen molar-refractivity contribution in [3.63, 3.8) is 0 Å². The van der Waals surface area contributed by atoms with Gasteiger partial charge >= 0.3 is 5.97 Å². The normalized spacial score (nSPS) is 20.4. The molecule has 0 spiro atoms. The van der Waals surface area contributed by atoms with E-state index < -0.39 is 12.1 Å². The van der Waals surface area contributed by atoms with Crippen LogP contribution < -0.4 is 4.74 Å². The fourth-order valence-corrected chi connectivity index (χ4v) is 2.19. The Kier molecular flexibility index (Phi) is 1.98. The van der Waals surface area contributed by atoms with Crippen molar-refractivity contribution in [3.8, 4) is 5.75 Å². The molecule has 0 aliphatic carbocycles. The van der Waals surface area contributed by atoms with Crippen molar-refractivity contribution in [1.29, 1.82) is 0 Å². The summed E-state index contributed by atoms with van der Waals surface area (Å²) in [4.78, 5) is 13.0. The summed E-state index contributed by atoms with van der Waals surface area (Å²) in [5.41, 5.74) is 2.58. The van der Waals surface area contributed by atoms with Crippen molar-refractivity contribution < 1.29 is 14.6 Å². The van der Waals surface area contributed by atoms with E-state index in [-0.39, 0.29) is 0 Å². The second-order valence-electron chi connectivity index (χ2n) is 4.12. The molecule has 1 unspecified atom stereocenters. The van der Waals surface area contributed by atoms with Crippen LogP contribution in [0.25, 0.3) is 11.6 Å². The summed E-state index contributed by atoms with van der Waals surface area (Å²) in [5, 5.41) is 9.18. The Labute approximate surface area is 98.4 Å². The van der Waals surface area contributed by atoms with Crippen LogP contribution in [0.15, 0.2) is 30.6 Å². The van der Waals surface area contributed by atoms with Crippen LogP contribution in [0, 0.1) is 0 Å². The minimum atomic E-state index is -0.964. The number of rotatable bonds is 1. The van der Waals surface area contributed by atoms with Gasteiger partial charge in [-0.15, -0.1) is 0 Å². The third kappa shape index (κ3) is 1.41. The SMILES string of the molecule is CN1C=Cc2cccc3c2C(=C1)C(C(=O)O)O3. The molecule has 1 N–H and O–H groups in total. The summed E-state index contributed by atoms with van der Waals surface area (Å²) in [6.45, 7) is 0. The third-order valence-corrected chi connectivity index (χ3v) is 2.93. The zero-order valence-corrected chi connectivity index (χ0v) is 9.25. The first kappa shape index (κ1) is 9.96. The van der Waals surface area contributed by atoms with Crippen LogP contribution in [-0.4, -0.2) is 29.1 Å². The van der Waals surface area contributed by atoms with Gasteiger partial charge in [-0.2, -0.15) is 0 Å². The number of aliphatic carboxylic acids is 1. The Morgan fingerprint density at radius 2 is 2.29 bits per heavy atom. The second-order valence-corrected chi connectivity index (χ2v) is 4.12. The monoisotopic (exact) mass is 229 g/mol. The molecule has 2 aliphatic rings. The second kappa shape index (κ2) is 3.38. The summed E-state index contributed by atoms with van der Waals surface area (Å²) < 4.78 is 5.47. The van der Waals surface area contributed by atoms with E-state index in [1.54, 1.807) is 12.3 Å². The largest absolute Gasteiger partial charge is 0.478 e. The van der Waals surface area contributed by atoms with E-state index in [1.165, 1.54) is 0 Å². The van der Waals surface area contributed by atoms with Crippen LogP contribution in [0.1, 0.15) is 11.1 Å². The number of hydrogen-bond acceptors (Lipinski definition) is 3. The quantitative estimate of drug-likeness (QED) is 0.797. The van der Waals surface area contributed by atoms with E-state index in [9.17, 15) is 9.90 Å². The van der Waals surface area contributed by atoms with Crippen LogP contribution in [-0.2, 0) is 4.79 Å². The first-order valence-electron chi connectivity index (χ1n) is 5.31. The van der Waals surface area contributed by atoms with Crippen LogP contribution in [0.3, 0.4) is 0 Å². The fraction of sp³-hybridized carbons (Fsp3) is 0.154. The number of hydrogen-bond donors (Lipinski definition) is 1. The summed E-state index contributed by atoms with van der Waals surface area (Å²) in [6.07, 6.45) is 4.75. The Balaban J connectivity index is 2.24. The first-order chi connectivity index (χ1) is 8.16. The first-order valence-corrected chi connectivity index (χ1v) is 5.31. The van der Waals surface area contributed by atoms with Gasteiger partial charge in [0.25, 0.3) is 0 Å². The molecule has 2 heterocycles. The van der Waals surface area contributed by atoms with Gasteiger partial charge in [-0.05, 0) is 17.7 Å². The van der Waals surface area contributed by atoms with E-state index >= 15 is 0 Å². The number of nitrogens with zero attached hydrogens (tertiary/aromatic N) is 1. The topological polar surface area (TPSA) is 49.8 Å². The van der Waals surface area contributed by atoms with Gasteiger partial charge in [-0.25, -0.2) is 4.79 Å². The Morgan fingerprint density at radius 3 is 3.06 bits per heavy atom. The highest BCUT2D eigenvalue weighted by molar-refractivity contribution is 5.97. The van der Waals surface area contributed by atoms with Crippen LogP contribution in [0.4, 0.5) is 0 Å². The zero-order chi connectivity index (χ0) is 12.0. The third-order valence-electron chi connectivity index (χ3n) is 2.93. The lowest BCUT2D eigenvalue weighted by atomic mass is 9.98. The van der Waals surface area contributed by atoms with Crippen molar-refractivity contribution in [2.75, 3.05) is 7.05 Å². The molecule has 0 amide bonds. The highest BCUT2D eigenvalue weighted by Gasteiger charge is 2.36. The van der Waals surface area contributed by atoms with Gasteiger partial charge in [0.2, 0.25) is 6.10 Å². The number of carboxylic acid groups (broad SMARTS) is 1. The van der Waals surface area contributed by atoms with Gasteiger partial charge in [0.1, 0.15) is 5.75 Å². The predicted octanol–water partition coefficient (Wildman–Crippen LogP) is 1.79. The zero-order valence-electron chi connectivity index (χ0n) is 9.25. The predicted molar refractivity (Wildman–Crippen MR) is 63.3 cm³/mol. The lowest BCUT2D eigenvalue weighted by Gasteiger charge is -2.10. The van der Waals surface area contributed by atoms with E-state index in [2.05, 4.69) is 0 Å². The van der Waals surface area contributed by atoms with Gasteiger partial charge < -0.3 is 14.7 Å². The maximum absolute atomic E-state index is 11.2.